The Morgan fingerprint density at radius 2 is 2.29 bits per heavy atom. The Hall–Kier alpha value is -1.26. The van der Waals surface area contributed by atoms with Crippen LogP contribution >= 0.6 is 11.6 Å². The summed E-state index contributed by atoms with van der Waals surface area (Å²) in [6, 6.07) is 4.92. The van der Waals surface area contributed by atoms with Crippen LogP contribution in [0.25, 0.3) is 0 Å². The van der Waals surface area contributed by atoms with Crippen molar-refractivity contribution in [2.24, 2.45) is 0 Å². The highest BCUT2D eigenvalue weighted by Crippen LogP contribution is 2.28. The number of hydrogen-bond acceptors (Lipinski definition) is 3. The van der Waals surface area contributed by atoms with Crippen LogP contribution < -0.4 is 10.1 Å². The average Bonchev–Trinajstić information content (AvgIpc) is 2.27. The number of ether oxygens (including phenoxy) is 1. The lowest BCUT2D eigenvalue weighted by atomic mass is 10.1. The molecular weight excluding hydrogens is 242 g/mol. The number of carbonyl (C=O) groups is 1. The Labute approximate surface area is 106 Å². The smallest absolute Gasteiger partial charge is 0.257 e. The Balaban J connectivity index is 2.73. The van der Waals surface area contributed by atoms with Crippen molar-refractivity contribution in [3.05, 3.63) is 28.8 Å². The summed E-state index contributed by atoms with van der Waals surface area (Å²) in [7, 11) is 0. The first-order chi connectivity index (χ1) is 8.04. The number of carbonyl (C=O) groups excluding carboxylic acids is 1. The molecule has 0 bridgehead atoms. The molecule has 0 aliphatic carbocycles. The molecule has 2 N–H and O–H groups in total. The van der Waals surface area contributed by atoms with Crippen LogP contribution in [0.3, 0.4) is 0 Å². The number of aliphatic hydroxyl groups excluding tert-OH is 1. The van der Waals surface area contributed by atoms with E-state index in [4.69, 9.17) is 16.3 Å². The number of rotatable bonds is 5. The van der Waals surface area contributed by atoms with Gasteiger partial charge < -0.3 is 15.2 Å². The first kappa shape index (κ1) is 13.8. The molecule has 17 heavy (non-hydrogen) atoms. The summed E-state index contributed by atoms with van der Waals surface area (Å²) in [4.78, 5) is 11.2. The molecular formula is C12H16ClNO3. The van der Waals surface area contributed by atoms with E-state index in [0.29, 0.717) is 22.9 Å². The maximum Gasteiger partial charge on any atom is 0.257 e. The normalized spacial score (nSPS) is 12.0. The molecule has 1 unspecified atom stereocenters. The van der Waals surface area contributed by atoms with Crippen LogP contribution in [0.5, 0.6) is 5.75 Å². The van der Waals surface area contributed by atoms with Crippen molar-refractivity contribution >= 4 is 17.5 Å². The molecule has 0 spiro atoms. The first-order valence-electron chi connectivity index (χ1n) is 5.41. The average molecular weight is 258 g/mol. The lowest BCUT2D eigenvalue weighted by Gasteiger charge is -2.13. The summed E-state index contributed by atoms with van der Waals surface area (Å²) in [6.45, 7) is 3.94. The second-order valence-corrected chi connectivity index (χ2v) is 4.04. The maximum absolute atomic E-state index is 11.2. The predicted octanol–water partition coefficient (Wildman–Crippen LogP) is 1.91. The van der Waals surface area contributed by atoms with Crippen LogP contribution in [-0.2, 0) is 4.79 Å². The third-order valence-corrected chi connectivity index (χ3v) is 2.39. The predicted molar refractivity (Wildman–Crippen MR) is 66.3 cm³/mol. The summed E-state index contributed by atoms with van der Waals surface area (Å²) < 4.78 is 5.34. The van der Waals surface area contributed by atoms with E-state index in [-0.39, 0.29) is 12.5 Å². The van der Waals surface area contributed by atoms with Gasteiger partial charge in [0, 0.05) is 17.1 Å². The van der Waals surface area contributed by atoms with Gasteiger partial charge in [0.15, 0.2) is 6.61 Å². The highest BCUT2D eigenvalue weighted by molar-refractivity contribution is 6.30. The van der Waals surface area contributed by atoms with Crippen molar-refractivity contribution in [3.8, 4) is 5.75 Å². The van der Waals surface area contributed by atoms with Gasteiger partial charge in [-0.1, -0.05) is 11.6 Å². The SMILES string of the molecule is CCNC(=O)COc1ccc(Cl)cc1C(C)O. The number of halogens is 1. The second-order valence-electron chi connectivity index (χ2n) is 3.60. The molecule has 0 aromatic heterocycles. The molecule has 1 atom stereocenters. The molecule has 0 saturated carbocycles. The number of amides is 1. The summed E-state index contributed by atoms with van der Waals surface area (Å²) >= 11 is 5.83. The molecule has 94 valence electrons. The minimum absolute atomic E-state index is 0.0742. The molecule has 1 aromatic carbocycles. The van der Waals surface area contributed by atoms with Gasteiger partial charge in [0.05, 0.1) is 6.10 Å². The third kappa shape index (κ3) is 4.24. The van der Waals surface area contributed by atoms with Crippen LogP contribution in [0.4, 0.5) is 0 Å². The van der Waals surface area contributed by atoms with Crippen molar-refractivity contribution in [3.63, 3.8) is 0 Å². The fraction of sp³-hybridized carbons (Fsp3) is 0.417. The van der Waals surface area contributed by atoms with Crippen molar-refractivity contribution in [2.45, 2.75) is 20.0 Å². The van der Waals surface area contributed by atoms with Gasteiger partial charge in [0.2, 0.25) is 0 Å². The second kappa shape index (κ2) is 6.47. The molecule has 0 heterocycles. The van der Waals surface area contributed by atoms with Gasteiger partial charge in [0.1, 0.15) is 5.75 Å². The van der Waals surface area contributed by atoms with Gasteiger partial charge in [-0.25, -0.2) is 0 Å². The van der Waals surface area contributed by atoms with Crippen molar-refractivity contribution in [1.29, 1.82) is 0 Å². The molecule has 4 nitrogen and oxygen atoms in total. The lowest BCUT2D eigenvalue weighted by molar-refractivity contribution is -0.123. The molecule has 1 amide bonds. The highest BCUT2D eigenvalue weighted by atomic mass is 35.5. The minimum atomic E-state index is -0.696. The minimum Gasteiger partial charge on any atom is -0.483 e. The van der Waals surface area contributed by atoms with Gasteiger partial charge in [-0.3, -0.25) is 4.79 Å². The molecule has 5 heteroatoms. The Morgan fingerprint density at radius 1 is 1.59 bits per heavy atom. The van der Waals surface area contributed by atoms with E-state index < -0.39 is 6.10 Å². The molecule has 1 aromatic rings. The fourth-order valence-electron chi connectivity index (χ4n) is 1.37. The zero-order chi connectivity index (χ0) is 12.8. The van der Waals surface area contributed by atoms with E-state index in [1.807, 2.05) is 6.92 Å². The number of aliphatic hydroxyl groups is 1. The summed E-state index contributed by atoms with van der Waals surface area (Å²) in [6.07, 6.45) is -0.696. The number of hydrogen-bond donors (Lipinski definition) is 2. The number of likely N-dealkylation sites (N-methyl/N-ethyl adjacent to an activating group) is 1. The molecule has 1 rings (SSSR count). The topological polar surface area (TPSA) is 58.6 Å². The van der Waals surface area contributed by atoms with E-state index >= 15 is 0 Å². The summed E-state index contributed by atoms with van der Waals surface area (Å²) in [5, 5.41) is 12.7. The van der Waals surface area contributed by atoms with E-state index in [0.717, 1.165) is 0 Å². The standard InChI is InChI=1S/C12H16ClNO3/c1-3-14-12(16)7-17-11-5-4-9(13)6-10(11)8(2)15/h4-6,8,15H,3,7H2,1-2H3,(H,14,16). The summed E-state index contributed by atoms with van der Waals surface area (Å²) in [5.41, 5.74) is 0.571. The van der Waals surface area contributed by atoms with Gasteiger partial charge >= 0.3 is 0 Å². The molecule has 0 radical (unpaired) electrons. The van der Waals surface area contributed by atoms with Gasteiger partial charge in [-0.05, 0) is 32.0 Å². The van der Waals surface area contributed by atoms with Gasteiger partial charge in [-0.2, -0.15) is 0 Å². The van der Waals surface area contributed by atoms with E-state index in [1.165, 1.54) is 0 Å². The zero-order valence-corrected chi connectivity index (χ0v) is 10.6. The summed E-state index contributed by atoms with van der Waals surface area (Å²) in [5.74, 6) is 0.273. The van der Waals surface area contributed by atoms with Crippen LogP contribution in [0.1, 0.15) is 25.5 Å². The lowest BCUT2D eigenvalue weighted by Crippen LogP contribution is -2.28. The fourth-order valence-corrected chi connectivity index (χ4v) is 1.55. The van der Waals surface area contributed by atoms with Crippen molar-refractivity contribution in [2.75, 3.05) is 13.2 Å². The van der Waals surface area contributed by atoms with E-state index in [9.17, 15) is 9.90 Å². The molecule has 0 aliphatic heterocycles. The van der Waals surface area contributed by atoms with Gasteiger partial charge in [0.25, 0.3) is 5.91 Å². The first-order valence-corrected chi connectivity index (χ1v) is 5.79. The van der Waals surface area contributed by atoms with Gasteiger partial charge in [-0.15, -0.1) is 0 Å². The van der Waals surface area contributed by atoms with Crippen LogP contribution in [0.15, 0.2) is 18.2 Å². The van der Waals surface area contributed by atoms with Crippen molar-refractivity contribution < 1.29 is 14.6 Å². The Morgan fingerprint density at radius 3 is 2.88 bits per heavy atom. The number of benzene rings is 1. The number of nitrogens with one attached hydrogen (secondary N) is 1. The molecule has 0 aliphatic rings. The molecule has 0 saturated heterocycles. The Bertz CT molecular complexity index is 393. The monoisotopic (exact) mass is 257 g/mol. The highest BCUT2D eigenvalue weighted by Gasteiger charge is 2.11. The van der Waals surface area contributed by atoms with Crippen LogP contribution in [-0.4, -0.2) is 24.2 Å². The Kier molecular flexibility index (Phi) is 5.25. The van der Waals surface area contributed by atoms with E-state index in [1.54, 1.807) is 25.1 Å². The van der Waals surface area contributed by atoms with Crippen LogP contribution in [0, 0.1) is 0 Å². The van der Waals surface area contributed by atoms with Crippen LogP contribution in [0.2, 0.25) is 5.02 Å². The third-order valence-electron chi connectivity index (χ3n) is 2.15. The maximum atomic E-state index is 11.2. The largest absolute Gasteiger partial charge is 0.483 e. The molecule has 0 fully saturated rings. The van der Waals surface area contributed by atoms with E-state index in [2.05, 4.69) is 5.32 Å². The zero-order valence-electron chi connectivity index (χ0n) is 9.87. The quantitative estimate of drug-likeness (QED) is 0.847. The van der Waals surface area contributed by atoms with Crippen molar-refractivity contribution in [1.82, 2.24) is 5.32 Å².